The standard InChI is InChI=1S/C23H27NO3S/c1-15-12-17(13-15)22(25)24(18-10-6-3-7-11-18)19-14-20(28-21(19)23(26)27)16-8-4-2-5-9-16/h2,4-5,8-9,14-15,17-18H,3,6-7,10-13H2,1H3,(H,26,27). The summed E-state index contributed by atoms with van der Waals surface area (Å²) >= 11 is 1.27. The minimum Gasteiger partial charge on any atom is -0.477 e. The van der Waals surface area contributed by atoms with Crippen LogP contribution in [0, 0.1) is 11.8 Å². The highest BCUT2D eigenvalue weighted by Gasteiger charge is 2.39. The molecular weight excluding hydrogens is 370 g/mol. The van der Waals surface area contributed by atoms with Crippen LogP contribution in [-0.2, 0) is 4.79 Å². The monoisotopic (exact) mass is 397 g/mol. The third-order valence-electron chi connectivity index (χ3n) is 6.12. The Morgan fingerprint density at radius 1 is 1.07 bits per heavy atom. The summed E-state index contributed by atoms with van der Waals surface area (Å²) in [5, 5.41) is 9.88. The number of carboxylic acids is 1. The van der Waals surface area contributed by atoms with Gasteiger partial charge < -0.3 is 10.0 Å². The number of anilines is 1. The zero-order chi connectivity index (χ0) is 19.7. The lowest BCUT2D eigenvalue weighted by molar-refractivity contribution is -0.126. The van der Waals surface area contributed by atoms with E-state index in [9.17, 15) is 14.7 Å². The van der Waals surface area contributed by atoms with Crippen molar-refractivity contribution in [2.24, 2.45) is 11.8 Å². The highest BCUT2D eigenvalue weighted by Crippen LogP contribution is 2.42. The molecule has 2 fully saturated rings. The van der Waals surface area contributed by atoms with Crippen molar-refractivity contribution in [1.29, 1.82) is 0 Å². The fraction of sp³-hybridized carbons (Fsp3) is 0.478. The minimum absolute atomic E-state index is 0.0404. The Hall–Kier alpha value is -2.14. The Kier molecular flexibility index (Phi) is 5.54. The normalized spacial score (nSPS) is 22.5. The fourth-order valence-corrected chi connectivity index (χ4v) is 5.59. The van der Waals surface area contributed by atoms with Crippen molar-refractivity contribution in [2.45, 2.75) is 57.9 Å². The Morgan fingerprint density at radius 2 is 1.75 bits per heavy atom. The van der Waals surface area contributed by atoms with Gasteiger partial charge >= 0.3 is 5.97 Å². The lowest BCUT2D eigenvalue weighted by Crippen LogP contribution is -2.48. The van der Waals surface area contributed by atoms with Crippen LogP contribution in [0.3, 0.4) is 0 Å². The number of aromatic carboxylic acids is 1. The van der Waals surface area contributed by atoms with E-state index in [0.29, 0.717) is 11.6 Å². The summed E-state index contributed by atoms with van der Waals surface area (Å²) in [4.78, 5) is 28.5. The van der Waals surface area contributed by atoms with Gasteiger partial charge in [-0.25, -0.2) is 4.79 Å². The highest BCUT2D eigenvalue weighted by atomic mass is 32.1. The van der Waals surface area contributed by atoms with Gasteiger partial charge in [0.15, 0.2) is 0 Å². The first-order chi connectivity index (χ1) is 13.5. The van der Waals surface area contributed by atoms with E-state index in [1.807, 2.05) is 41.3 Å². The molecule has 0 atom stereocenters. The van der Waals surface area contributed by atoms with E-state index in [4.69, 9.17) is 0 Å². The van der Waals surface area contributed by atoms with E-state index in [-0.39, 0.29) is 22.7 Å². The summed E-state index contributed by atoms with van der Waals surface area (Å²) in [6.45, 7) is 2.18. The molecule has 0 unspecified atom stereocenters. The molecule has 0 aliphatic heterocycles. The summed E-state index contributed by atoms with van der Waals surface area (Å²) < 4.78 is 0. The van der Waals surface area contributed by atoms with Gasteiger partial charge in [0.2, 0.25) is 5.91 Å². The first kappa shape index (κ1) is 19.2. The third kappa shape index (κ3) is 3.72. The Balaban J connectivity index is 1.75. The number of amides is 1. The van der Waals surface area contributed by atoms with E-state index in [1.54, 1.807) is 0 Å². The first-order valence-electron chi connectivity index (χ1n) is 10.3. The molecule has 148 valence electrons. The van der Waals surface area contributed by atoms with Crippen LogP contribution in [0.5, 0.6) is 0 Å². The molecule has 2 saturated carbocycles. The van der Waals surface area contributed by atoms with Gasteiger partial charge in [0, 0.05) is 16.8 Å². The zero-order valence-corrected chi connectivity index (χ0v) is 17.1. The molecule has 0 spiro atoms. The number of hydrogen-bond donors (Lipinski definition) is 1. The number of carbonyl (C=O) groups is 2. The molecule has 4 rings (SSSR count). The minimum atomic E-state index is -0.947. The van der Waals surface area contributed by atoms with Gasteiger partial charge in [-0.05, 0) is 43.2 Å². The van der Waals surface area contributed by atoms with Crippen LogP contribution in [0.15, 0.2) is 36.4 Å². The second-order valence-corrected chi connectivity index (χ2v) is 9.32. The second kappa shape index (κ2) is 8.08. The van der Waals surface area contributed by atoms with Crippen LogP contribution in [-0.4, -0.2) is 23.0 Å². The summed E-state index contributed by atoms with van der Waals surface area (Å²) in [7, 11) is 0. The first-order valence-corrected chi connectivity index (χ1v) is 11.1. The van der Waals surface area contributed by atoms with Gasteiger partial charge in [-0.3, -0.25) is 4.79 Å². The van der Waals surface area contributed by atoms with Crippen molar-refractivity contribution < 1.29 is 14.7 Å². The maximum absolute atomic E-state index is 13.4. The molecule has 1 aromatic carbocycles. The molecule has 0 bridgehead atoms. The van der Waals surface area contributed by atoms with E-state index >= 15 is 0 Å². The molecule has 4 nitrogen and oxygen atoms in total. The summed E-state index contributed by atoms with van der Waals surface area (Å²) in [5.41, 5.74) is 1.60. The van der Waals surface area contributed by atoms with Gasteiger partial charge in [0.05, 0.1) is 5.69 Å². The molecule has 2 aliphatic carbocycles. The predicted octanol–water partition coefficient (Wildman–Crippen LogP) is 5.83. The number of benzene rings is 1. The maximum atomic E-state index is 13.4. The van der Waals surface area contributed by atoms with Crippen molar-refractivity contribution in [2.75, 3.05) is 4.90 Å². The Bertz CT molecular complexity index is 848. The van der Waals surface area contributed by atoms with Crippen molar-refractivity contribution in [3.05, 3.63) is 41.3 Å². The summed E-state index contributed by atoms with van der Waals surface area (Å²) in [5.74, 6) is -0.190. The summed E-state index contributed by atoms with van der Waals surface area (Å²) in [6, 6.07) is 11.9. The lowest BCUT2D eigenvalue weighted by atomic mass is 9.75. The number of nitrogens with zero attached hydrogens (tertiary/aromatic N) is 1. The molecule has 0 radical (unpaired) electrons. The summed E-state index contributed by atoms with van der Waals surface area (Å²) in [6.07, 6.45) is 7.17. The van der Waals surface area contributed by atoms with E-state index in [2.05, 4.69) is 6.92 Å². The number of rotatable bonds is 5. The van der Waals surface area contributed by atoms with E-state index < -0.39 is 5.97 Å². The van der Waals surface area contributed by atoms with E-state index in [1.165, 1.54) is 17.8 Å². The van der Waals surface area contributed by atoms with Crippen LogP contribution in [0.1, 0.15) is 61.5 Å². The SMILES string of the molecule is CC1CC(C(=O)N(c2cc(-c3ccccc3)sc2C(=O)O)C2CCCCC2)C1. The number of carbonyl (C=O) groups excluding carboxylic acids is 1. The third-order valence-corrected chi connectivity index (χ3v) is 7.29. The molecule has 5 heteroatoms. The average Bonchev–Trinajstić information content (AvgIpc) is 3.12. The van der Waals surface area contributed by atoms with Gasteiger partial charge in [0.25, 0.3) is 0 Å². The predicted molar refractivity (Wildman–Crippen MR) is 113 cm³/mol. The smallest absolute Gasteiger partial charge is 0.348 e. The molecule has 28 heavy (non-hydrogen) atoms. The maximum Gasteiger partial charge on any atom is 0.348 e. The Labute approximate surface area is 170 Å². The molecular formula is C23H27NO3S. The van der Waals surface area contributed by atoms with E-state index in [0.717, 1.165) is 49.0 Å². The molecule has 1 aromatic heterocycles. The molecule has 1 N–H and O–H groups in total. The van der Waals surface area contributed by atoms with Crippen molar-refractivity contribution in [3.8, 4) is 10.4 Å². The van der Waals surface area contributed by atoms with Gasteiger partial charge in [0.1, 0.15) is 4.88 Å². The molecule has 1 heterocycles. The van der Waals surface area contributed by atoms with Crippen LogP contribution in [0.25, 0.3) is 10.4 Å². The molecule has 1 amide bonds. The van der Waals surface area contributed by atoms with Gasteiger partial charge in [-0.2, -0.15) is 0 Å². The van der Waals surface area contributed by atoms with Crippen LogP contribution in [0.4, 0.5) is 5.69 Å². The lowest BCUT2D eigenvalue weighted by Gasteiger charge is -2.40. The Morgan fingerprint density at radius 3 is 2.36 bits per heavy atom. The number of thiophene rings is 1. The molecule has 2 aromatic rings. The van der Waals surface area contributed by atoms with Gasteiger partial charge in [-0.15, -0.1) is 11.3 Å². The van der Waals surface area contributed by atoms with Crippen molar-refractivity contribution in [3.63, 3.8) is 0 Å². The average molecular weight is 398 g/mol. The zero-order valence-electron chi connectivity index (χ0n) is 16.3. The van der Waals surface area contributed by atoms with Crippen LogP contribution in [0.2, 0.25) is 0 Å². The topological polar surface area (TPSA) is 57.6 Å². The van der Waals surface area contributed by atoms with Crippen molar-refractivity contribution in [1.82, 2.24) is 0 Å². The largest absolute Gasteiger partial charge is 0.477 e. The second-order valence-electron chi connectivity index (χ2n) is 8.27. The number of hydrogen-bond acceptors (Lipinski definition) is 3. The fourth-order valence-electron chi connectivity index (χ4n) is 4.59. The highest BCUT2D eigenvalue weighted by molar-refractivity contribution is 7.18. The van der Waals surface area contributed by atoms with Crippen molar-refractivity contribution >= 4 is 28.9 Å². The number of carboxylic acid groups (broad SMARTS) is 1. The molecule has 2 aliphatic rings. The van der Waals surface area contributed by atoms with Crippen LogP contribution >= 0.6 is 11.3 Å². The molecule has 0 saturated heterocycles. The van der Waals surface area contributed by atoms with Crippen LogP contribution < -0.4 is 4.90 Å². The van der Waals surface area contributed by atoms with Gasteiger partial charge in [-0.1, -0.05) is 56.5 Å². The quantitative estimate of drug-likeness (QED) is 0.691.